The number of hydrogen-bond acceptors (Lipinski definition) is 5. The highest BCUT2D eigenvalue weighted by atomic mass is 35.5. The molecule has 2 heterocycles. The zero-order chi connectivity index (χ0) is 22.4. The van der Waals surface area contributed by atoms with Crippen molar-refractivity contribution in [2.24, 2.45) is 0 Å². The van der Waals surface area contributed by atoms with E-state index in [1.807, 2.05) is 4.90 Å². The van der Waals surface area contributed by atoms with Crippen molar-refractivity contribution in [1.82, 2.24) is 20.0 Å². The van der Waals surface area contributed by atoms with E-state index in [0.29, 0.717) is 29.8 Å². The van der Waals surface area contributed by atoms with Crippen LogP contribution in [0.25, 0.3) is 0 Å². The molecule has 0 spiro atoms. The van der Waals surface area contributed by atoms with Crippen molar-refractivity contribution in [3.63, 3.8) is 0 Å². The standard InChI is InChI=1S/C22H34ClN5O3/c1-16(31-3)20(25-22(30)24-18-6-4-17(23)5-7-18)21(29)28-14-12-27(13-15-28)19-8-10-26(2)11-9-19/h4-7,16,19-20H,8-15H2,1-3H3,(H2,24,25,30)/t16-,20+/m0/s1. The van der Waals surface area contributed by atoms with Crippen molar-refractivity contribution in [3.05, 3.63) is 29.3 Å². The van der Waals surface area contributed by atoms with E-state index in [1.54, 1.807) is 38.3 Å². The number of piperazine rings is 1. The van der Waals surface area contributed by atoms with Crippen LogP contribution in [0.1, 0.15) is 19.8 Å². The Balaban J connectivity index is 1.54. The number of ether oxygens (including phenoxy) is 1. The second kappa shape index (κ2) is 11.1. The van der Waals surface area contributed by atoms with Gasteiger partial charge in [-0.3, -0.25) is 9.69 Å². The number of anilines is 1. The van der Waals surface area contributed by atoms with Gasteiger partial charge in [-0.1, -0.05) is 11.6 Å². The predicted octanol–water partition coefficient (Wildman–Crippen LogP) is 2.10. The van der Waals surface area contributed by atoms with Gasteiger partial charge in [-0.25, -0.2) is 4.79 Å². The zero-order valence-corrected chi connectivity index (χ0v) is 19.4. The van der Waals surface area contributed by atoms with E-state index in [-0.39, 0.29) is 5.91 Å². The number of rotatable bonds is 6. The summed E-state index contributed by atoms with van der Waals surface area (Å²) in [7, 11) is 3.71. The van der Waals surface area contributed by atoms with Crippen molar-refractivity contribution in [2.45, 2.75) is 38.0 Å². The molecule has 0 radical (unpaired) electrons. The number of benzene rings is 1. The number of piperidine rings is 1. The molecule has 2 atom stereocenters. The van der Waals surface area contributed by atoms with E-state index in [0.717, 1.165) is 26.2 Å². The third-order valence-electron chi connectivity index (χ3n) is 6.33. The van der Waals surface area contributed by atoms with Crippen LogP contribution in [0.15, 0.2) is 24.3 Å². The average Bonchev–Trinajstić information content (AvgIpc) is 2.79. The molecule has 2 N–H and O–H groups in total. The van der Waals surface area contributed by atoms with Crippen LogP contribution in [-0.2, 0) is 9.53 Å². The summed E-state index contributed by atoms with van der Waals surface area (Å²) in [6, 6.07) is 6.21. The number of nitrogens with zero attached hydrogens (tertiary/aromatic N) is 3. The molecule has 2 fully saturated rings. The summed E-state index contributed by atoms with van der Waals surface area (Å²) in [6.07, 6.45) is 1.91. The number of nitrogens with one attached hydrogen (secondary N) is 2. The number of carbonyl (C=O) groups excluding carboxylic acids is 2. The van der Waals surface area contributed by atoms with Gasteiger partial charge in [-0.05, 0) is 64.2 Å². The van der Waals surface area contributed by atoms with E-state index in [4.69, 9.17) is 16.3 Å². The number of carbonyl (C=O) groups is 2. The molecule has 0 bridgehead atoms. The Bertz CT molecular complexity index is 731. The molecule has 3 amide bonds. The van der Waals surface area contributed by atoms with Crippen LogP contribution in [0.3, 0.4) is 0 Å². The van der Waals surface area contributed by atoms with Gasteiger partial charge >= 0.3 is 6.03 Å². The molecule has 3 rings (SSSR count). The molecule has 0 aliphatic carbocycles. The van der Waals surface area contributed by atoms with Crippen molar-refractivity contribution in [1.29, 1.82) is 0 Å². The Morgan fingerprint density at radius 3 is 2.26 bits per heavy atom. The largest absolute Gasteiger partial charge is 0.379 e. The molecule has 9 heteroatoms. The normalized spacial score (nSPS) is 20.8. The van der Waals surface area contributed by atoms with Crippen LogP contribution in [0, 0.1) is 0 Å². The first kappa shape index (κ1) is 23.8. The molecule has 31 heavy (non-hydrogen) atoms. The third-order valence-corrected chi connectivity index (χ3v) is 6.58. The fourth-order valence-corrected chi connectivity index (χ4v) is 4.35. The molecule has 2 aliphatic rings. The maximum absolute atomic E-state index is 13.2. The Morgan fingerprint density at radius 2 is 1.68 bits per heavy atom. The zero-order valence-electron chi connectivity index (χ0n) is 18.6. The Kier molecular flexibility index (Phi) is 8.54. The minimum atomic E-state index is -0.757. The van der Waals surface area contributed by atoms with Crippen molar-refractivity contribution >= 4 is 29.2 Å². The SMILES string of the molecule is CO[C@@H](C)[C@@H](NC(=O)Nc1ccc(Cl)cc1)C(=O)N1CCN(C2CCN(C)CC2)CC1. The molecule has 0 saturated carbocycles. The second-order valence-corrected chi connectivity index (χ2v) is 8.86. The smallest absolute Gasteiger partial charge is 0.319 e. The van der Waals surface area contributed by atoms with E-state index < -0.39 is 18.2 Å². The number of amides is 3. The summed E-state index contributed by atoms with van der Waals surface area (Å²) in [5.74, 6) is -0.108. The van der Waals surface area contributed by atoms with E-state index in [1.165, 1.54) is 12.8 Å². The third kappa shape index (κ3) is 6.55. The number of hydrogen-bond donors (Lipinski definition) is 2. The van der Waals surface area contributed by atoms with Crippen LogP contribution in [0.5, 0.6) is 0 Å². The molecular formula is C22H34ClN5O3. The van der Waals surface area contributed by atoms with Gasteiger partial charge in [0, 0.05) is 50.0 Å². The van der Waals surface area contributed by atoms with Crippen LogP contribution in [0.4, 0.5) is 10.5 Å². The van der Waals surface area contributed by atoms with E-state index in [9.17, 15) is 9.59 Å². The van der Waals surface area contributed by atoms with Crippen LogP contribution in [0.2, 0.25) is 5.02 Å². The van der Waals surface area contributed by atoms with Crippen molar-refractivity contribution in [3.8, 4) is 0 Å². The molecule has 1 aromatic carbocycles. The molecule has 8 nitrogen and oxygen atoms in total. The fourth-order valence-electron chi connectivity index (χ4n) is 4.22. The maximum atomic E-state index is 13.2. The predicted molar refractivity (Wildman–Crippen MR) is 123 cm³/mol. The Hall–Kier alpha value is -1.87. The highest BCUT2D eigenvalue weighted by Crippen LogP contribution is 2.18. The highest BCUT2D eigenvalue weighted by molar-refractivity contribution is 6.30. The number of urea groups is 1. The van der Waals surface area contributed by atoms with Crippen LogP contribution in [-0.4, -0.2) is 98.3 Å². The van der Waals surface area contributed by atoms with Gasteiger partial charge in [0.25, 0.3) is 0 Å². The summed E-state index contributed by atoms with van der Waals surface area (Å²) >= 11 is 5.89. The lowest BCUT2D eigenvalue weighted by Gasteiger charge is -2.43. The summed E-state index contributed by atoms with van der Waals surface area (Å²) in [6.45, 7) is 7.11. The van der Waals surface area contributed by atoms with Gasteiger partial charge in [-0.15, -0.1) is 0 Å². The number of methoxy groups -OCH3 is 1. The van der Waals surface area contributed by atoms with Gasteiger partial charge in [0.2, 0.25) is 5.91 Å². The highest BCUT2D eigenvalue weighted by Gasteiger charge is 2.34. The fraction of sp³-hybridized carbons (Fsp3) is 0.636. The Morgan fingerprint density at radius 1 is 1.06 bits per heavy atom. The van der Waals surface area contributed by atoms with E-state index >= 15 is 0 Å². The first-order valence-electron chi connectivity index (χ1n) is 10.9. The van der Waals surface area contributed by atoms with Crippen molar-refractivity contribution in [2.75, 3.05) is 58.7 Å². The van der Waals surface area contributed by atoms with Gasteiger partial charge < -0.3 is 25.2 Å². The van der Waals surface area contributed by atoms with Crippen LogP contribution >= 0.6 is 11.6 Å². The van der Waals surface area contributed by atoms with Crippen molar-refractivity contribution < 1.29 is 14.3 Å². The molecular weight excluding hydrogens is 418 g/mol. The van der Waals surface area contributed by atoms with Gasteiger partial charge in [0.15, 0.2) is 0 Å². The molecule has 0 unspecified atom stereocenters. The first-order chi connectivity index (χ1) is 14.9. The monoisotopic (exact) mass is 451 g/mol. The molecule has 1 aromatic rings. The number of halogens is 1. The second-order valence-electron chi connectivity index (χ2n) is 8.42. The lowest BCUT2D eigenvalue weighted by atomic mass is 10.0. The Labute approximate surface area is 189 Å². The van der Waals surface area contributed by atoms with Gasteiger partial charge in [0.1, 0.15) is 6.04 Å². The maximum Gasteiger partial charge on any atom is 0.319 e. The lowest BCUT2D eigenvalue weighted by molar-refractivity contribution is -0.138. The summed E-state index contributed by atoms with van der Waals surface area (Å²) in [5, 5.41) is 6.12. The summed E-state index contributed by atoms with van der Waals surface area (Å²) in [5.41, 5.74) is 0.602. The quantitative estimate of drug-likeness (QED) is 0.692. The minimum absolute atomic E-state index is 0.108. The minimum Gasteiger partial charge on any atom is -0.379 e. The topological polar surface area (TPSA) is 77.1 Å². The average molecular weight is 452 g/mol. The molecule has 0 aromatic heterocycles. The summed E-state index contributed by atoms with van der Waals surface area (Å²) in [4.78, 5) is 32.4. The summed E-state index contributed by atoms with van der Waals surface area (Å²) < 4.78 is 5.39. The van der Waals surface area contributed by atoms with E-state index in [2.05, 4.69) is 27.5 Å². The first-order valence-corrected chi connectivity index (χ1v) is 11.3. The molecule has 2 saturated heterocycles. The van der Waals surface area contributed by atoms with Gasteiger partial charge in [-0.2, -0.15) is 0 Å². The molecule has 2 aliphatic heterocycles. The van der Waals surface area contributed by atoms with Gasteiger partial charge in [0.05, 0.1) is 6.10 Å². The lowest BCUT2D eigenvalue weighted by Crippen LogP contribution is -2.60. The number of likely N-dealkylation sites (tertiary alicyclic amines) is 1. The molecule has 172 valence electrons. The van der Waals surface area contributed by atoms with Crippen LogP contribution < -0.4 is 10.6 Å².